The minimum absolute atomic E-state index is 0.0185. The van der Waals surface area contributed by atoms with Crippen LogP contribution in [0.3, 0.4) is 0 Å². The van der Waals surface area contributed by atoms with Crippen molar-refractivity contribution < 1.29 is 22.8 Å². The molecule has 2 heterocycles. The van der Waals surface area contributed by atoms with Crippen molar-refractivity contribution in [2.45, 2.75) is 26.9 Å². The molecule has 0 saturated carbocycles. The van der Waals surface area contributed by atoms with Crippen LogP contribution in [-0.2, 0) is 0 Å². The van der Waals surface area contributed by atoms with Crippen molar-refractivity contribution in [1.82, 2.24) is 15.2 Å². The second kappa shape index (κ2) is 6.35. The second-order valence-electron chi connectivity index (χ2n) is 6.07. The van der Waals surface area contributed by atoms with Gasteiger partial charge in [-0.05, 0) is 26.3 Å². The first kappa shape index (κ1) is 17.5. The number of H-pyrrole nitrogens is 1. The number of aryl methyl sites for hydroxylation is 1. The van der Waals surface area contributed by atoms with Gasteiger partial charge in [0.05, 0.1) is 6.54 Å². The van der Waals surface area contributed by atoms with Gasteiger partial charge in [-0.1, -0.05) is 0 Å². The lowest BCUT2D eigenvalue weighted by molar-refractivity contribution is -0.158. The van der Waals surface area contributed by atoms with Gasteiger partial charge in [-0.3, -0.25) is 14.5 Å². The lowest BCUT2D eigenvalue weighted by Crippen LogP contribution is -2.54. The predicted octanol–water partition coefficient (Wildman–Crippen LogP) is 2.06. The number of aromatic nitrogens is 1. The van der Waals surface area contributed by atoms with Crippen LogP contribution in [0, 0.1) is 19.8 Å². The van der Waals surface area contributed by atoms with Crippen molar-refractivity contribution in [3.8, 4) is 0 Å². The Labute approximate surface area is 132 Å². The van der Waals surface area contributed by atoms with Gasteiger partial charge >= 0.3 is 6.18 Å². The van der Waals surface area contributed by atoms with E-state index in [1.807, 2.05) is 0 Å². The van der Waals surface area contributed by atoms with E-state index >= 15 is 0 Å². The lowest BCUT2D eigenvalue weighted by Gasteiger charge is -2.39. The van der Waals surface area contributed by atoms with E-state index in [1.54, 1.807) is 13.8 Å². The minimum Gasteiger partial charge on any atom is -0.354 e. The molecule has 2 rings (SSSR count). The van der Waals surface area contributed by atoms with Crippen molar-refractivity contribution in [2.75, 3.05) is 26.2 Å². The lowest BCUT2D eigenvalue weighted by atomic mass is 10.00. The first-order chi connectivity index (χ1) is 10.6. The van der Waals surface area contributed by atoms with E-state index in [0.717, 1.165) is 0 Å². The fraction of sp³-hybridized carbons (Fsp3) is 0.600. The maximum atomic E-state index is 12.2. The first-order valence-corrected chi connectivity index (χ1v) is 7.36. The molecular formula is C15H20F3N3O2. The van der Waals surface area contributed by atoms with Gasteiger partial charge in [0.15, 0.2) is 5.78 Å². The molecule has 1 aromatic heterocycles. The zero-order valence-electron chi connectivity index (χ0n) is 13.3. The molecule has 5 nitrogen and oxygen atoms in total. The average molecular weight is 331 g/mol. The van der Waals surface area contributed by atoms with Gasteiger partial charge < -0.3 is 10.3 Å². The number of hydrogen-bond donors (Lipinski definition) is 2. The highest BCUT2D eigenvalue weighted by molar-refractivity contribution is 6.02. The Balaban J connectivity index is 1.85. The molecule has 1 saturated heterocycles. The molecule has 23 heavy (non-hydrogen) atoms. The highest BCUT2D eigenvalue weighted by Gasteiger charge is 2.37. The highest BCUT2D eigenvalue weighted by Crippen LogP contribution is 2.23. The summed E-state index contributed by atoms with van der Waals surface area (Å²) in [6, 6.07) is 0. The molecular weight excluding hydrogens is 311 g/mol. The molecule has 0 radical (unpaired) electrons. The number of ketones is 1. The van der Waals surface area contributed by atoms with E-state index in [0.29, 0.717) is 42.1 Å². The van der Waals surface area contributed by atoms with Crippen LogP contribution in [0.4, 0.5) is 13.2 Å². The molecule has 0 atom stereocenters. The summed E-state index contributed by atoms with van der Waals surface area (Å²) in [5.41, 5.74) is 2.08. The maximum Gasteiger partial charge on any atom is 0.401 e. The van der Waals surface area contributed by atoms with Crippen molar-refractivity contribution in [2.24, 2.45) is 5.92 Å². The second-order valence-corrected chi connectivity index (χ2v) is 6.07. The fourth-order valence-electron chi connectivity index (χ4n) is 3.02. The number of carbonyl (C=O) groups excluding carboxylic acids is 2. The molecule has 1 aromatic rings. The normalized spacial score (nSPS) is 16.3. The molecule has 2 N–H and O–H groups in total. The van der Waals surface area contributed by atoms with Gasteiger partial charge in [-0.25, -0.2) is 0 Å². The minimum atomic E-state index is -4.18. The third-order valence-electron chi connectivity index (χ3n) is 4.00. The number of halogens is 3. The first-order valence-electron chi connectivity index (χ1n) is 7.36. The number of nitrogens with zero attached hydrogens (tertiary/aromatic N) is 1. The standard InChI is InChI=1S/C15H20F3N3O2/c1-8-12(10(3)22)9(2)20-13(8)14(23)19-4-11-5-21(6-11)7-15(16,17)18/h11,20H,4-7H2,1-3H3,(H,19,23). The average Bonchev–Trinajstić information content (AvgIpc) is 2.65. The summed E-state index contributed by atoms with van der Waals surface area (Å²) in [5, 5.41) is 2.72. The number of hydrogen-bond acceptors (Lipinski definition) is 3. The van der Waals surface area contributed by atoms with Crippen molar-refractivity contribution in [3.63, 3.8) is 0 Å². The number of amides is 1. The zero-order chi connectivity index (χ0) is 17.4. The Morgan fingerprint density at radius 2 is 1.91 bits per heavy atom. The molecule has 0 bridgehead atoms. The molecule has 1 aliphatic heterocycles. The summed E-state index contributed by atoms with van der Waals surface area (Å²) in [6.45, 7) is 4.91. The Morgan fingerprint density at radius 3 is 2.39 bits per heavy atom. The molecule has 1 amide bonds. The molecule has 1 fully saturated rings. The monoisotopic (exact) mass is 331 g/mol. The van der Waals surface area contributed by atoms with Crippen LogP contribution in [0.25, 0.3) is 0 Å². The molecule has 0 aliphatic carbocycles. The van der Waals surface area contributed by atoms with E-state index in [2.05, 4.69) is 10.3 Å². The summed E-state index contributed by atoms with van der Waals surface area (Å²) in [5.74, 6) is -0.436. The van der Waals surface area contributed by atoms with Gasteiger partial charge in [0.25, 0.3) is 5.91 Å². The summed E-state index contributed by atoms with van der Waals surface area (Å²) in [4.78, 5) is 27.9. The number of Topliss-reactive ketones (excluding diaryl/α,β-unsaturated/α-hetero) is 1. The number of likely N-dealkylation sites (tertiary alicyclic amines) is 1. The van der Waals surface area contributed by atoms with E-state index in [4.69, 9.17) is 0 Å². The largest absolute Gasteiger partial charge is 0.401 e. The smallest absolute Gasteiger partial charge is 0.354 e. The molecule has 128 valence electrons. The van der Waals surface area contributed by atoms with Crippen LogP contribution < -0.4 is 5.32 Å². The molecule has 1 aliphatic rings. The van der Waals surface area contributed by atoms with Crippen molar-refractivity contribution in [3.05, 3.63) is 22.5 Å². The number of aromatic amines is 1. The van der Waals surface area contributed by atoms with Crippen LogP contribution in [0.5, 0.6) is 0 Å². The summed E-state index contributed by atoms with van der Waals surface area (Å²) in [7, 11) is 0. The molecule has 0 aromatic carbocycles. The summed E-state index contributed by atoms with van der Waals surface area (Å²) in [6.07, 6.45) is -4.18. The van der Waals surface area contributed by atoms with Crippen LogP contribution in [0.2, 0.25) is 0 Å². The highest BCUT2D eigenvalue weighted by atomic mass is 19.4. The van der Waals surface area contributed by atoms with Crippen molar-refractivity contribution >= 4 is 11.7 Å². The topological polar surface area (TPSA) is 65.2 Å². The van der Waals surface area contributed by atoms with E-state index in [9.17, 15) is 22.8 Å². The van der Waals surface area contributed by atoms with Crippen molar-refractivity contribution in [1.29, 1.82) is 0 Å². The number of rotatable bonds is 5. The van der Waals surface area contributed by atoms with Crippen LogP contribution in [0.1, 0.15) is 39.0 Å². The molecule has 0 unspecified atom stereocenters. The van der Waals surface area contributed by atoms with E-state index < -0.39 is 12.7 Å². The van der Waals surface area contributed by atoms with Crippen LogP contribution >= 0.6 is 0 Å². The number of carbonyl (C=O) groups is 2. The van der Waals surface area contributed by atoms with Gasteiger partial charge in [-0.2, -0.15) is 13.2 Å². The van der Waals surface area contributed by atoms with Crippen LogP contribution in [0.15, 0.2) is 0 Å². The molecule has 0 spiro atoms. The summed E-state index contributed by atoms with van der Waals surface area (Å²) >= 11 is 0. The third kappa shape index (κ3) is 4.13. The SMILES string of the molecule is CC(=O)c1c(C)[nH]c(C(=O)NCC2CN(CC(F)(F)F)C2)c1C. The zero-order valence-corrected chi connectivity index (χ0v) is 13.3. The molecule has 8 heteroatoms. The Kier molecular flexibility index (Phi) is 4.84. The van der Waals surface area contributed by atoms with Gasteiger partial charge in [0, 0.05) is 36.8 Å². The number of alkyl halides is 3. The summed E-state index contributed by atoms with van der Waals surface area (Å²) < 4.78 is 36.6. The van der Waals surface area contributed by atoms with Gasteiger partial charge in [0.1, 0.15) is 5.69 Å². The Morgan fingerprint density at radius 1 is 1.30 bits per heavy atom. The number of nitrogens with one attached hydrogen (secondary N) is 2. The predicted molar refractivity (Wildman–Crippen MR) is 78.6 cm³/mol. The van der Waals surface area contributed by atoms with Crippen LogP contribution in [-0.4, -0.2) is 53.9 Å². The quantitative estimate of drug-likeness (QED) is 0.812. The van der Waals surface area contributed by atoms with Gasteiger partial charge in [-0.15, -0.1) is 0 Å². The Hall–Kier alpha value is -1.83. The third-order valence-corrected chi connectivity index (χ3v) is 4.00. The maximum absolute atomic E-state index is 12.2. The van der Waals surface area contributed by atoms with E-state index in [-0.39, 0.29) is 17.6 Å². The van der Waals surface area contributed by atoms with Gasteiger partial charge in [0.2, 0.25) is 0 Å². The fourth-order valence-corrected chi connectivity index (χ4v) is 3.02. The Bertz CT molecular complexity index is 616. The van der Waals surface area contributed by atoms with E-state index in [1.165, 1.54) is 11.8 Å².